The summed E-state index contributed by atoms with van der Waals surface area (Å²) in [5, 5.41) is 19.4. The van der Waals surface area contributed by atoms with Gasteiger partial charge in [-0.1, -0.05) is 0 Å². The van der Waals surface area contributed by atoms with Gasteiger partial charge in [-0.2, -0.15) is 0 Å². The van der Waals surface area contributed by atoms with Gasteiger partial charge in [0.1, 0.15) is 5.69 Å². The number of aliphatic carboxylic acids is 1. The van der Waals surface area contributed by atoms with Gasteiger partial charge in [0.2, 0.25) is 0 Å². The fourth-order valence-corrected chi connectivity index (χ4v) is 0.948. The maximum Gasteiger partial charge on any atom is 0.328 e. The lowest BCUT2D eigenvalue weighted by Gasteiger charge is -2.09. The van der Waals surface area contributed by atoms with E-state index in [-0.39, 0.29) is 5.69 Å². The first kappa shape index (κ1) is 11.2. The quantitative estimate of drug-likeness (QED) is 0.570. The van der Waals surface area contributed by atoms with Crippen molar-refractivity contribution in [2.45, 2.75) is 6.04 Å². The van der Waals surface area contributed by atoms with Gasteiger partial charge in [0.25, 0.3) is 5.91 Å². The topological polar surface area (TPSA) is 104 Å². The maximum atomic E-state index is 11.4. The number of amides is 1. The van der Waals surface area contributed by atoms with E-state index in [0.29, 0.717) is 0 Å². The molecule has 0 fully saturated rings. The van der Waals surface area contributed by atoms with E-state index in [1.165, 1.54) is 12.5 Å². The summed E-state index contributed by atoms with van der Waals surface area (Å²) in [7, 11) is 1.69. The van der Waals surface area contributed by atoms with Crippen molar-refractivity contribution in [2.24, 2.45) is 7.05 Å². The van der Waals surface area contributed by atoms with Crippen LogP contribution in [0.2, 0.25) is 0 Å². The van der Waals surface area contributed by atoms with Crippen LogP contribution in [0.1, 0.15) is 10.5 Å². The first-order chi connectivity index (χ1) is 7.04. The number of hydrogen-bond donors (Lipinski definition) is 3. The third-order valence-electron chi connectivity index (χ3n) is 1.72. The molecule has 0 aliphatic rings. The zero-order valence-corrected chi connectivity index (χ0v) is 8.04. The maximum absolute atomic E-state index is 11.4. The Hall–Kier alpha value is -1.89. The second kappa shape index (κ2) is 4.56. The first-order valence-electron chi connectivity index (χ1n) is 4.17. The molecule has 1 heterocycles. The highest BCUT2D eigenvalue weighted by atomic mass is 16.4. The number of aromatic nitrogens is 2. The molecule has 1 aromatic rings. The lowest BCUT2D eigenvalue weighted by molar-refractivity contribution is -0.140. The van der Waals surface area contributed by atoms with Crippen molar-refractivity contribution in [2.75, 3.05) is 6.61 Å². The molecule has 0 saturated heterocycles. The van der Waals surface area contributed by atoms with E-state index in [1.807, 2.05) is 0 Å². The molecule has 3 N–H and O–H groups in total. The highest BCUT2D eigenvalue weighted by Gasteiger charge is 2.20. The number of carboxylic acid groups (broad SMARTS) is 1. The van der Waals surface area contributed by atoms with Gasteiger partial charge in [-0.05, 0) is 0 Å². The molecule has 1 aromatic heterocycles. The average molecular weight is 213 g/mol. The van der Waals surface area contributed by atoms with Crippen molar-refractivity contribution in [3.63, 3.8) is 0 Å². The van der Waals surface area contributed by atoms with Gasteiger partial charge in [0, 0.05) is 13.2 Å². The molecule has 0 spiro atoms. The monoisotopic (exact) mass is 213 g/mol. The van der Waals surface area contributed by atoms with Crippen molar-refractivity contribution in [1.82, 2.24) is 14.9 Å². The number of nitrogens with zero attached hydrogens (tertiary/aromatic N) is 2. The Bertz CT molecular complexity index is 374. The minimum atomic E-state index is -1.31. The zero-order chi connectivity index (χ0) is 11.4. The van der Waals surface area contributed by atoms with Crippen LogP contribution in [-0.4, -0.2) is 44.3 Å². The molecule has 0 bridgehead atoms. The van der Waals surface area contributed by atoms with Gasteiger partial charge in [-0.15, -0.1) is 0 Å². The molecular formula is C8H11N3O4. The molecule has 0 radical (unpaired) electrons. The SMILES string of the molecule is Cn1cnc(C(=O)N[C@H](CO)C(=O)O)c1. The Morgan fingerprint density at radius 2 is 2.33 bits per heavy atom. The molecule has 0 unspecified atom stereocenters. The Morgan fingerprint density at radius 3 is 2.73 bits per heavy atom. The zero-order valence-electron chi connectivity index (χ0n) is 8.04. The van der Waals surface area contributed by atoms with Crippen LogP contribution >= 0.6 is 0 Å². The molecule has 7 heteroatoms. The van der Waals surface area contributed by atoms with Crippen molar-refractivity contribution in [1.29, 1.82) is 0 Å². The van der Waals surface area contributed by atoms with Crippen LogP contribution in [0.25, 0.3) is 0 Å². The molecule has 0 aliphatic heterocycles. The van der Waals surface area contributed by atoms with E-state index in [1.54, 1.807) is 11.6 Å². The molecule has 1 rings (SSSR count). The van der Waals surface area contributed by atoms with E-state index in [4.69, 9.17) is 10.2 Å². The lowest BCUT2D eigenvalue weighted by Crippen LogP contribution is -2.43. The Labute approximate surface area is 85.4 Å². The normalized spacial score (nSPS) is 12.1. The van der Waals surface area contributed by atoms with Crippen LogP contribution < -0.4 is 5.32 Å². The lowest BCUT2D eigenvalue weighted by atomic mass is 10.3. The second-order valence-corrected chi connectivity index (χ2v) is 2.97. The number of imidazole rings is 1. The third kappa shape index (κ3) is 2.78. The standard InChI is InChI=1S/C8H11N3O4/c1-11-2-5(9-4-11)7(13)10-6(3-12)8(14)15/h2,4,6,12H,3H2,1H3,(H,10,13)(H,14,15)/t6-/m1/s1. The summed E-state index contributed by atoms with van der Waals surface area (Å²) in [6.07, 6.45) is 2.87. The minimum Gasteiger partial charge on any atom is -0.480 e. The molecule has 1 atom stereocenters. The van der Waals surface area contributed by atoms with E-state index in [2.05, 4.69) is 10.3 Å². The van der Waals surface area contributed by atoms with E-state index in [9.17, 15) is 9.59 Å². The molecule has 0 saturated carbocycles. The van der Waals surface area contributed by atoms with Crippen LogP contribution in [0.4, 0.5) is 0 Å². The van der Waals surface area contributed by atoms with Crippen LogP contribution in [-0.2, 0) is 11.8 Å². The predicted molar refractivity (Wildman–Crippen MR) is 49.2 cm³/mol. The number of hydrogen-bond acceptors (Lipinski definition) is 4. The summed E-state index contributed by atoms with van der Waals surface area (Å²) in [6.45, 7) is -0.659. The number of carbonyl (C=O) groups excluding carboxylic acids is 1. The van der Waals surface area contributed by atoms with Crippen LogP contribution in [0.5, 0.6) is 0 Å². The van der Waals surface area contributed by atoms with Crippen molar-refractivity contribution in [3.8, 4) is 0 Å². The van der Waals surface area contributed by atoms with E-state index in [0.717, 1.165) is 0 Å². The van der Waals surface area contributed by atoms with Crippen LogP contribution in [0.3, 0.4) is 0 Å². The molecule has 1 amide bonds. The van der Waals surface area contributed by atoms with Gasteiger partial charge in [-0.25, -0.2) is 9.78 Å². The Kier molecular flexibility index (Phi) is 3.40. The van der Waals surface area contributed by atoms with Crippen LogP contribution in [0, 0.1) is 0 Å². The van der Waals surface area contributed by atoms with E-state index < -0.39 is 24.5 Å². The van der Waals surface area contributed by atoms with Gasteiger partial charge < -0.3 is 20.1 Å². The summed E-state index contributed by atoms with van der Waals surface area (Å²) in [5.41, 5.74) is 0.109. The summed E-state index contributed by atoms with van der Waals surface area (Å²) in [5.74, 6) is -1.92. The van der Waals surface area contributed by atoms with Gasteiger partial charge in [0.15, 0.2) is 6.04 Å². The molecule has 15 heavy (non-hydrogen) atoms. The summed E-state index contributed by atoms with van der Waals surface area (Å²) >= 11 is 0. The van der Waals surface area contributed by atoms with Crippen molar-refractivity contribution >= 4 is 11.9 Å². The molecule has 7 nitrogen and oxygen atoms in total. The highest BCUT2D eigenvalue weighted by Crippen LogP contribution is 1.95. The van der Waals surface area contributed by atoms with Crippen LogP contribution in [0.15, 0.2) is 12.5 Å². The smallest absolute Gasteiger partial charge is 0.328 e. The highest BCUT2D eigenvalue weighted by molar-refractivity contribution is 5.94. The number of aliphatic hydroxyl groups is 1. The predicted octanol–water partition coefficient (Wildman–Crippen LogP) is -1.40. The number of carboxylic acids is 1. The van der Waals surface area contributed by atoms with E-state index >= 15 is 0 Å². The first-order valence-corrected chi connectivity index (χ1v) is 4.17. The van der Waals surface area contributed by atoms with Crippen molar-refractivity contribution < 1.29 is 19.8 Å². The average Bonchev–Trinajstić information content (AvgIpc) is 2.60. The van der Waals surface area contributed by atoms with Gasteiger partial charge in [-0.3, -0.25) is 4.79 Å². The Balaban J connectivity index is 2.66. The number of rotatable bonds is 4. The molecule has 82 valence electrons. The molecule has 0 aromatic carbocycles. The number of carbonyl (C=O) groups is 2. The largest absolute Gasteiger partial charge is 0.480 e. The molecule has 0 aliphatic carbocycles. The summed E-state index contributed by atoms with van der Waals surface area (Å²) in [6, 6.07) is -1.31. The summed E-state index contributed by atoms with van der Waals surface area (Å²) in [4.78, 5) is 25.6. The second-order valence-electron chi connectivity index (χ2n) is 2.97. The number of aliphatic hydroxyl groups excluding tert-OH is 1. The fourth-order valence-electron chi connectivity index (χ4n) is 0.948. The van der Waals surface area contributed by atoms with Gasteiger partial charge in [0.05, 0.1) is 12.9 Å². The number of aryl methyl sites for hydroxylation is 1. The van der Waals surface area contributed by atoms with Gasteiger partial charge >= 0.3 is 5.97 Å². The third-order valence-corrected chi connectivity index (χ3v) is 1.72. The minimum absolute atomic E-state index is 0.109. The summed E-state index contributed by atoms with van der Waals surface area (Å²) < 4.78 is 1.56. The molecular weight excluding hydrogens is 202 g/mol. The number of nitrogens with one attached hydrogen (secondary N) is 1. The Morgan fingerprint density at radius 1 is 1.67 bits per heavy atom. The van der Waals surface area contributed by atoms with Crippen molar-refractivity contribution in [3.05, 3.63) is 18.2 Å². The fraction of sp³-hybridized carbons (Fsp3) is 0.375.